The number of hydrogen-bond acceptors (Lipinski definition) is 5. The smallest absolute Gasteiger partial charge is 0.107 e. The summed E-state index contributed by atoms with van der Waals surface area (Å²) in [7, 11) is 2.19. The topological polar surface area (TPSA) is 28.6 Å². The molecule has 1 aromatic rings. The number of hydrogen-bond donors (Lipinski definition) is 0. The van der Waals surface area contributed by atoms with E-state index in [1.165, 1.54) is 18.0 Å². The number of likely N-dealkylation sites (tertiary alicyclic amines) is 1. The van der Waals surface area contributed by atoms with Crippen LogP contribution in [0.2, 0.25) is 0 Å². The maximum atomic E-state index is 6.26. The predicted octanol–water partition coefficient (Wildman–Crippen LogP) is 2.07. The maximum Gasteiger partial charge on any atom is 0.107 e. The maximum absolute atomic E-state index is 6.26. The Bertz CT molecular complexity index is 409. The van der Waals surface area contributed by atoms with Crippen LogP contribution in [0.15, 0.2) is 11.6 Å². The van der Waals surface area contributed by atoms with Gasteiger partial charge in [0.25, 0.3) is 0 Å². The van der Waals surface area contributed by atoms with Crippen LogP contribution < -0.4 is 0 Å². The lowest BCUT2D eigenvalue weighted by atomic mass is 10.0. The average molecular weight is 295 g/mol. The van der Waals surface area contributed by atoms with Crippen molar-refractivity contribution in [2.75, 3.05) is 26.7 Å². The number of rotatable bonds is 5. The molecule has 1 aromatic heterocycles. The van der Waals surface area contributed by atoms with Crippen LogP contribution in [-0.4, -0.2) is 59.7 Å². The normalized spacial score (nSPS) is 30.6. The van der Waals surface area contributed by atoms with Gasteiger partial charge in [-0.15, -0.1) is 11.3 Å². The molecule has 3 rings (SSSR count). The lowest BCUT2D eigenvalue weighted by Gasteiger charge is -2.25. The van der Waals surface area contributed by atoms with Crippen LogP contribution >= 0.6 is 11.3 Å². The molecular weight excluding hydrogens is 270 g/mol. The fraction of sp³-hybridized carbons (Fsp3) is 0.800. The molecule has 0 bridgehead atoms. The Morgan fingerprint density at radius 2 is 2.35 bits per heavy atom. The minimum absolute atomic E-state index is 0.430. The number of thiazole rings is 1. The Morgan fingerprint density at radius 1 is 1.50 bits per heavy atom. The minimum atomic E-state index is 0.430. The highest BCUT2D eigenvalue weighted by molar-refractivity contribution is 7.09. The fourth-order valence-corrected chi connectivity index (χ4v) is 3.91. The molecule has 0 saturated carbocycles. The molecule has 2 saturated heterocycles. The van der Waals surface area contributed by atoms with Crippen molar-refractivity contribution in [3.05, 3.63) is 16.6 Å². The van der Waals surface area contributed by atoms with Crippen LogP contribution in [0, 0.1) is 5.92 Å². The molecule has 2 aliphatic rings. The summed E-state index contributed by atoms with van der Waals surface area (Å²) in [4.78, 5) is 9.26. The van der Waals surface area contributed by atoms with E-state index in [0.29, 0.717) is 18.2 Å². The highest BCUT2D eigenvalue weighted by atomic mass is 32.1. The van der Waals surface area contributed by atoms with Crippen LogP contribution in [0.1, 0.15) is 25.3 Å². The molecule has 0 aliphatic carbocycles. The molecule has 3 heterocycles. The van der Waals surface area contributed by atoms with Gasteiger partial charge in [0.15, 0.2) is 0 Å². The first-order valence-corrected chi connectivity index (χ1v) is 8.46. The molecule has 0 unspecified atom stereocenters. The highest BCUT2D eigenvalue weighted by Gasteiger charge is 2.42. The zero-order valence-electron chi connectivity index (χ0n) is 12.7. The Labute approximate surface area is 125 Å². The van der Waals surface area contributed by atoms with Gasteiger partial charge in [-0.3, -0.25) is 4.90 Å². The van der Waals surface area contributed by atoms with E-state index < -0.39 is 0 Å². The fourth-order valence-electron chi connectivity index (χ4n) is 3.25. The third kappa shape index (κ3) is 3.22. The third-order valence-electron chi connectivity index (χ3n) is 4.61. The number of nitrogens with zero attached hydrogens (tertiary/aromatic N) is 3. The van der Waals surface area contributed by atoms with E-state index in [-0.39, 0.29) is 0 Å². The number of aromatic nitrogens is 1. The molecule has 0 radical (unpaired) electrons. The molecule has 3 atom stereocenters. The Kier molecular flexibility index (Phi) is 4.40. The van der Waals surface area contributed by atoms with Crippen molar-refractivity contribution in [2.24, 2.45) is 5.92 Å². The standard InChI is InChI=1S/C15H25N3OS/c1-11(2)17(3)8-13-6-12-7-18(9-14(12)19-13)10-15-16-4-5-20-15/h4-5,11-14H,6-10H2,1-3H3/t12-,13-,14+/m1/s1. The van der Waals surface area contributed by atoms with Gasteiger partial charge >= 0.3 is 0 Å². The van der Waals surface area contributed by atoms with Crippen molar-refractivity contribution in [2.45, 2.75) is 45.1 Å². The van der Waals surface area contributed by atoms with Crippen molar-refractivity contribution in [1.29, 1.82) is 0 Å². The third-order valence-corrected chi connectivity index (χ3v) is 5.37. The van der Waals surface area contributed by atoms with E-state index >= 15 is 0 Å². The van der Waals surface area contributed by atoms with E-state index in [9.17, 15) is 0 Å². The van der Waals surface area contributed by atoms with E-state index in [0.717, 1.165) is 25.6 Å². The summed E-state index contributed by atoms with van der Waals surface area (Å²) in [6.07, 6.45) is 3.99. The van der Waals surface area contributed by atoms with E-state index in [4.69, 9.17) is 4.74 Å². The molecule has 0 N–H and O–H groups in total. The Balaban J connectivity index is 1.47. The first-order valence-electron chi connectivity index (χ1n) is 7.58. The zero-order valence-corrected chi connectivity index (χ0v) is 13.5. The summed E-state index contributed by atoms with van der Waals surface area (Å²) in [6, 6.07) is 0.598. The quantitative estimate of drug-likeness (QED) is 0.831. The monoisotopic (exact) mass is 295 g/mol. The Hall–Kier alpha value is -0.490. The van der Waals surface area contributed by atoms with Crippen molar-refractivity contribution in [1.82, 2.24) is 14.8 Å². The summed E-state index contributed by atoms with van der Waals surface area (Å²) < 4.78 is 6.26. The lowest BCUT2D eigenvalue weighted by molar-refractivity contribution is 0.0171. The van der Waals surface area contributed by atoms with Gasteiger partial charge in [0.05, 0.1) is 18.8 Å². The first-order chi connectivity index (χ1) is 9.61. The van der Waals surface area contributed by atoms with Gasteiger partial charge in [0, 0.05) is 43.2 Å². The van der Waals surface area contributed by atoms with Gasteiger partial charge in [-0.2, -0.15) is 0 Å². The van der Waals surface area contributed by atoms with Crippen molar-refractivity contribution in [3.8, 4) is 0 Å². The van der Waals surface area contributed by atoms with Gasteiger partial charge in [-0.05, 0) is 27.3 Å². The number of fused-ring (bicyclic) bond motifs is 1. The van der Waals surface area contributed by atoms with Crippen LogP contribution in [0.4, 0.5) is 0 Å². The van der Waals surface area contributed by atoms with Crippen LogP contribution in [0.25, 0.3) is 0 Å². The molecule has 112 valence electrons. The Morgan fingerprint density at radius 3 is 3.00 bits per heavy atom. The van der Waals surface area contributed by atoms with E-state index in [1.807, 2.05) is 6.20 Å². The van der Waals surface area contributed by atoms with Gasteiger partial charge < -0.3 is 9.64 Å². The van der Waals surface area contributed by atoms with Gasteiger partial charge in [0.2, 0.25) is 0 Å². The number of likely N-dealkylation sites (N-methyl/N-ethyl adjacent to an activating group) is 1. The molecule has 20 heavy (non-hydrogen) atoms. The minimum Gasteiger partial charge on any atom is -0.372 e. The largest absolute Gasteiger partial charge is 0.372 e. The SMILES string of the molecule is CC(C)N(C)C[C@H]1C[C@@H]2CN(Cc3nccs3)C[C@@H]2O1. The molecule has 4 nitrogen and oxygen atoms in total. The summed E-state index contributed by atoms with van der Waals surface area (Å²) in [5.74, 6) is 0.723. The first kappa shape index (κ1) is 14.4. The molecule has 0 amide bonds. The molecule has 5 heteroatoms. The van der Waals surface area contributed by atoms with Crippen LogP contribution in [0.5, 0.6) is 0 Å². The van der Waals surface area contributed by atoms with Gasteiger partial charge in [-0.25, -0.2) is 4.98 Å². The van der Waals surface area contributed by atoms with Crippen molar-refractivity contribution in [3.63, 3.8) is 0 Å². The summed E-state index contributed by atoms with van der Waals surface area (Å²) in [6.45, 7) is 8.79. The van der Waals surface area contributed by atoms with Crippen LogP contribution in [-0.2, 0) is 11.3 Å². The van der Waals surface area contributed by atoms with Crippen molar-refractivity contribution < 1.29 is 4.74 Å². The van der Waals surface area contributed by atoms with Gasteiger partial charge in [0.1, 0.15) is 5.01 Å². The van der Waals surface area contributed by atoms with E-state index in [1.54, 1.807) is 11.3 Å². The molecule has 0 aromatic carbocycles. The lowest BCUT2D eigenvalue weighted by Crippen LogP contribution is -2.35. The average Bonchev–Trinajstić information content (AvgIpc) is 3.05. The second-order valence-electron chi connectivity index (χ2n) is 6.45. The van der Waals surface area contributed by atoms with Crippen LogP contribution in [0.3, 0.4) is 0 Å². The summed E-state index contributed by atoms with van der Waals surface area (Å²) in [5.41, 5.74) is 0. The van der Waals surface area contributed by atoms with E-state index in [2.05, 4.69) is 41.1 Å². The van der Waals surface area contributed by atoms with Gasteiger partial charge in [-0.1, -0.05) is 0 Å². The summed E-state index contributed by atoms with van der Waals surface area (Å²) in [5, 5.41) is 3.28. The number of ether oxygens (including phenoxy) is 1. The molecule has 2 aliphatic heterocycles. The van der Waals surface area contributed by atoms with Crippen molar-refractivity contribution >= 4 is 11.3 Å². The zero-order chi connectivity index (χ0) is 14.1. The highest BCUT2D eigenvalue weighted by Crippen LogP contribution is 2.34. The molecule has 2 fully saturated rings. The second kappa shape index (κ2) is 6.10. The second-order valence-corrected chi connectivity index (χ2v) is 7.42. The predicted molar refractivity (Wildman–Crippen MR) is 81.9 cm³/mol. The molecule has 0 spiro atoms. The summed E-state index contributed by atoms with van der Waals surface area (Å²) >= 11 is 1.75. The molecular formula is C15H25N3OS.